The van der Waals surface area contributed by atoms with Gasteiger partial charge < -0.3 is 4.74 Å². The van der Waals surface area contributed by atoms with Gasteiger partial charge in [-0.1, -0.05) is 0 Å². The van der Waals surface area contributed by atoms with E-state index in [2.05, 4.69) is 5.10 Å². The molecule has 6 nitrogen and oxygen atoms in total. The molecule has 0 amide bonds. The molecule has 0 spiro atoms. The zero-order valence-corrected chi connectivity index (χ0v) is 11.1. The third-order valence-corrected chi connectivity index (χ3v) is 2.82. The quantitative estimate of drug-likeness (QED) is 0.626. The normalized spacial score (nSPS) is 10.5. The van der Waals surface area contributed by atoms with E-state index in [1.165, 1.54) is 6.07 Å². The summed E-state index contributed by atoms with van der Waals surface area (Å²) in [5.74, 6) is 0.635. The van der Waals surface area contributed by atoms with E-state index < -0.39 is 0 Å². The number of nitrogens with zero attached hydrogens (tertiary/aromatic N) is 3. The lowest BCUT2D eigenvalue weighted by Crippen LogP contribution is -2.07. The van der Waals surface area contributed by atoms with Gasteiger partial charge in [-0.05, 0) is 38.5 Å². The van der Waals surface area contributed by atoms with E-state index in [9.17, 15) is 10.1 Å². The molecule has 19 heavy (non-hydrogen) atoms. The van der Waals surface area contributed by atoms with Crippen molar-refractivity contribution in [2.45, 2.75) is 27.5 Å². The Morgan fingerprint density at radius 3 is 2.63 bits per heavy atom. The summed E-state index contributed by atoms with van der Waals surface area (Å²) in [6, 6.07) is 5.10. The van der Waals surface area contributed by atoms with Crippen LogP contribution in [0.25, 0.3) is 0 Å². The van der Waals surface area contributed by atoms with E-state index in [4.69, 9.17) is 4.74 Å². The first kappa shape index (κ1) is 13.1. The topological polar surface area (TPSA) is 70.2 Å². The van der Waals surface area contributed by atoms with E-state index in [1.54, 1.807) is 24.6 Å². The Hall–Kier alpha value is -2.37. The number of aromatic nitrogens is 2. The average Bonchev–Trinajstić information content (AvgIpc) is 2.75. The number of aryl methyl sites for hydroxylation is 3. The van der Waals surface area contributed by atoms with Gasteiger partial charge in [0.1, 0.15) is 5.75 Å². The van der Waals surface area contributed by atoms with Crippen LogP contribution in [0.15, 0.2) is 24.4 Å². The SMILES string of the molecule is Cc1ccn(COc2cc(C)c([N+](=O)[O-])cc2C)n1. The first-order valence-electron chi connectivity index (χ1n) is 5.86. The molecule has 2 rings (SSSR count). The highest BCUT2D eigenvalue weighted by Gasteiger charge is 2.14. The van der Waals surface area contributed by atoms with Crippen LogP contribution in [0, 0.1) is 30.9 Å². The summed E-state index contributed by atoms with van der Waals surface area (Å²) >= 11 is 0. The van der Waals surface area contributed by atoms with Gasteiger partial charge in [0.2, 0.25) is 0 Å². The van der Waals surface area contributed by atoms with Crippen LogP contribution in [0.1, 0.15) is 16.8 Å². The summed E-state index contributed by atoms with van der Waals surface area (Å²) in [7, 11) is 0. The predicted molar refractivity (Wildman–Crippen MR) is 70.2 cm³/mol. The van der Waals surface area contributed by atoms with Gasteiger partial charge in [0, 0.05) is 17.8 Å². The molecule has 0 N–H and O–H groups in total. The second-order valence-corrected chi connectivity index (χ2v) is 4.43. The van der Waals surface area contributed by atoms with Crippen molar-refractivity contribution in [1.82, 2.24) is 9.78 Å². The van der Waals surface area contributed by atoms with E-state index >= 15 is 0 Å². The summed E-state index contributed by atoms with van der Waals surface area (Å²) in [5.41, 5.74) is 2.35. The number of benzene rings is 1. The number of hydrogen-bond acceptors (Lipinski definition) is 4. The van der Waals surface area contributed by atoms with Crippen molar-refractivity contribution < 1.29 is 9.66 Å². The molecule has 0 bridgehead atoms. The van der Waals surface area contributed by atoms with Crippen LogP contribution in [-0.4, -0.2) is 14.7 Å². The van der Waals surface area contributed by atoms with Gasteiger partial charge in [-0.15, -0.1) is 0 Å². The molecule has 0 saturated heterocycles. The Morgan fingerprint density at radius 2 is 2.05 bits per heavy atom. The lowest BCUT2D eigenvalue weighted by molar-refractivity contribution is -0.385. The van der Waals surface area contributed by atoms with E-state index in [-0.39, 0.29) is 17.3 Å². The van der Waals surface area contributed by atoms with Crippen LogP contribution in [0.2, 0.25) is 0 Å². The Morgan fingerprint density at radius 1 is 1.32 bits per heavy atom. The van der Waals surface area contributed by atoms with E-state index in [0.717, 1.165) is 11.3 Å². The van der Waals surface area contributed by atoms with Gasteiger partial charge in [-0.25, -0.2) is 4.68 Å². The van der Waals surface area contributed by atoms with Crippen molar-refractivity contribution in [2.24, 2.45) is 0 Å². The van der Waals surface area contributed by atoms with Crippen LogP contribution in [0.4, 0.5) is 5.69 Å². The zero-order valence-electron chi connectivity index (χ0n) is 11.1. The van der Waals surface area contributed by atoms with Crippen molar-refractivity contribution in [3.8, 4) is 5.75 Å². The minimum atomic E-state index is -0.386. The largest absolute Gasteiger partial charge is 0.471 e. The van der Waals surface area contributed by atoms with Gasteiger partial charge >= 0.3 is 0 Å². The van der Waals surface area contributed by atoms with Crippen molar-refractivity contribution in [3.63, 3.8) is 0 Å². The first-order valence-corrected chi connectivity index (χ1v) is 5.86. The second kappa shape index (κ2) is 5.09. The van der Waals surface area contributed by atoms with Crippen LogP contribution in [0.3, 0.4) is 0 Å². The third kappa shape index (κ3) is 2.90. The molecular weight excluding hydrogens is 246 g/mol. The molecule has 1 aromatic heterocycles. The molecule has 1 heterocycles. The molecule has 0 saturated carbocycles. The predicted octanol–water partition coefficient (Wildman–Crippen LogP) is 2.75. The summed E-state index contributed by atoms with van der Waals surface area (Å²) in [6.07, 6.45) is 1.82. The Labute approximate surface area is 110 Å². The minimum absolute atomic E-state index is 0.111. The van der Waals surface area contributed by atoms with Gasteiger partial charge in [0.25, 0.3) is 5.69 Å². The fourth-order valence-corrected chi connectivity index (χ4v) is 1.80. The smallest absolute Gasteiger partial charge is 0.272 e. The summed E-state index contributed by atoms with van der Waals surface area (Å²) in [4.78, 5) is 10.4. The molecule has 0 aliphatic carbocycles. The number of rotatable bonds is 4. The van der Waals surface area contributed by atoms with Gasteiger partial charge in [0.05, 0.1) is 10.6 Å². The van der Waals surface area contributed by atoms with Crippen LogP contribution < -0.4 is 4.74 Å². The molecule has 0 unspecified atom stereocenters. The second-order valence-electron chi connectivity index (χ2n) is 4.43. The highest BCUT2D eigenvalue weighted by molar-refractivity contribution is 5.49. The summed E-state index contributed by atoms with van der Waals surface area (Å²) in [5, 5.41) is 15.0. The molecule has 100 valence electrons. The number of ether oxygens (including phenoxy) is 1. The van der Waals surface area contributed by atoms with Crippen molar-refractivity contribution in [1.29, 1.82) is 0 Å². The van der Waals surface area contributed by atoms with Gasteiger partial charge in [0.15, 0.2) is 6.73 Å². The number of nitro benzene ring substituents is 1. The fourth-order valence-electron chi connectivity index (χ4n) is 1.80. The number of nitro groups is 1. The average molecular weight is 261 g/mol. The van der Waals surface area contributed by atoms with Crippen LogP contribution in [-0.2, 0) is 6.73 Å². The maximum atomic E-state index is 10.8. The molecule has 2 aromatic rings. The standard InChI is InChI=1S/C13H15N3O3/c1-9-7-13(10(2)6-12(9)16(17)18)19-8-15-5-4-11(3)14-15/h4-7H,8H2,1-3H3. The Balaban J connectivity index is 2.17. The van der Waals surface area contributed by atoms with Crippen molar-refractivity contribution in [2.75, 3.05) is 0 Å². The first-order chi connectivity index (χ1) is 8.97. The lowest BCUT2D eigenvalue weighted by atomic mass is 10.1. The summed E-state index contributed by atoms with van der Waals surface area (Å²) < 4.78 is 7.30. The number of hydrogen-bond donors (Lipinski definition) is 0. The van der Waals surface area contributed by atoms with Crippen LogP contribution >= 0.6 is 0 Å². The molecule has 0 aliphatic rings. The van der Waals surface area contributed by atoms with Crippen molar-refractivity contribution in [3.05, 3.63) is 51.3 Å². The molecule has 6 heteroatoms. The Bertz CT molecular complexity index is 620. The lowest BCUT2D eigenvalue weighted by Gasteiger charge is -2.10. The molecule has 0 fully saturated rings. The molecule has 0 radical (unpaired) electrons. The highest BCUT2D eigenvalue weighted by atomic mass is 16.6. The minimum Gasteiger partial charge on any atom is -0.471 e. The maximum absolute atomic E-state index is 10.8. The monoisotopic (exact) mass is 261 g/mol. The van der Waals surface area contributed by atoms with E-state index in [0.29, 0.717) is 11.3 Å². The fraction of sp³-hybridized carbons (Fsp3) is 0.308. The maximum Gasteiger partial charge on any atom is 0.272 e. The highest BCUT2D eigenvalue weighted by Crippen LogP contribution is 2.27. The molecule has 0 atom stereocenters. The van der Waals surface area contributed by atoms with Gasteiger partial charge in [-0.2, -0.15) is 5.10 Å². The zero-order chi connectivity index (χ0) is 14.0. The third-order valence-electron chi connectivity index (χ3n) is 2.82. The molecular formula is C13H15N3O3. The molecule has 0 aliphatic heterocycles. The van der Waals surface area contributed by atoms with Crippen molar-refractivity contribution >= 4 is 5.69 Å². The molecule has 1 aromatic carbocycles. The Kier molecular flexibility index (Phi) is 3.50. The van der Waals surface area contributed by atoms with Crippen LogP contribution in [0.5, 0.6) is 5.75 Å². The van der Waals surface area contributed by atoms with E-state index in [1.807, 2.05) is 19.2 Å². The summed E-state index contributed by atoms with van der Waals surface area (Å²) in [6.45, 7) is 5.67. The van der Waals surface area contributed by atoms with Gasteiger partial charge in [-0.3, -0.25) is 10.1 Å².